The van der Waals surface area contributed by atoms with Crippen molar-refractivity contribution in [3.63, 3.8) is 0 Å². The molecule has 2 aromatic rings. The zero-order valence-corrected chi connectivity index (χ0v) is 10.7. The third-order valence-corrected chi connectivity index (χ3v) is 3.79. The van der Waals surface area contributed by atoms with Crippen LogP contribution in [-0.2, 0) is 11.3 Å². The number of ether oxygens (including phenoxy) is 1. The Bertz CT molecular complexity index is 631. The minimum absolute atomic E-state index is 0.213. The molecule has 1 aliphatic carbocycles. The normalized spacial score (nSPS) is 16.5. The third kappa shape index (κ3) is 2.09. The first-order chi connectivity index (χ1) is 9.17. The van der Waals surface area contributed by atoms with Gasteiger partial charge in [0.25, 0.3) is 0 Å². The first kappa shape index (κ1) is 12.1. The summed E-state index contributed by atoms with van der Waals surface area (Å²) in [6.07, 6.45) is 3.54. The Morgan fingerprint density at radius 3 is 2.95 bits per heavy atom. The second kappa shape index (κ2) is 4.33. The summed E-state index contributed by atoms with van der Waals surface area (Å²) < 4.78 is 19.6. The van der Waals surface area contributed by atoms with E-state index in [9.17, 15) is 9.18 Å². The highest BCUT2D eigenvalue weighted by atomic mass is 19.1. The van der Waals surface area contributed by atoms with Crippen LogP contribution in [0.2, 0.25) is 0 Å². The lowest BCUT2D eigenvalue weighted by atomic mass is 10.1. The molecule has 0 amide bonds. The molecule has 0 atom stereocenters. The lowest BCUT2D eigenvalue weighted by molar-refractivity contribution is 0.0601. The number of halogens is 1. The first-order valence-corrected chi connectivity index (χ1v) is 6.27. The number of rotatable bonds is 4. The standard InChI is InChI=1S/C14H15FN2O2/c1-19-13(18)10-2-3-11-12(6-10)17(9-16-11)8-14(7-15)4-5-14/h2-3,6,9H,4-5,7-8H2,1H3. The maximum atomic E-state index is 13.0. The maximum absolute atomic E-state index is 13.0. The summed E-state index contributed by atoms with van der Waals surface area (Å²) in [4.78, 5) is 15.8. The van der Waals surface area contributed by atoms with Crippen LogP contribution in [0.1, 0.15) is 23.2 Å². The van der Waals surface area contributed by atoms with Crippen LogP contribution >= 0.6 is 0 Å². The van der Waals surface area contributed by atoms with Gasteiger partial charge in [0.15, 0.2) is 0 Å². The molecule has 0 unspecified atom stereocenters. The molecule has 0 aliphatic heterocycles. The molecule has 4 nitrogen and oxygen atoms in total. The van der Waals surface area contributed by atoms with Crippen LogP contribution in [0.4, 0.5) is 4.39 Å². The molecule has 0 saturated heterocycles. The van der Waals surface area contributed by atoms with E-state index in [1.807, 2.05) is 4.57 Å². The maximum Gasteiger partial charge on any atom is 0.337 e. The summed E-state index contributed by atoms with van der Waals surface area (Å²) in [5, 5.41) is 0. The Morgan fingerprint density at radius 1 is 1.53 bits per heavy atom. The second-order valence-corrected chi connectivity index (χ2v) is 5.20. The third-order valence-electron chi connectivity index (χ3n) is 3.79. The van der Waals surface area contributed by atoms with Gasteiger partial charge in [0, 0.05) is 12.0 Å². The molecule has 0 radical (unpaired) electrons. The fraction of sp³-hybridized carbons (Fsp3) is 0.429. The number of esters is 1. The van der Waals surface area contributed by atoms with E-state index in [-0.39, 0.29) is 18.1 Å². The number of methoxy groups -OCH3 is 1. The van der Waals surface area contributed by atoms with Gasteiger partial charge in [0.05, 0.1) is 36.7 Å². The van der Waals surface area contributed by atoms with Crippen molar-refractivity contribution in [2.45, 2.75) is 19.4 Å². The predicted molar refractivity (Wildman–Crippen MR) is 68.7 cm³/mol. The van der Waals surface area contributed by atoms with E-state index in [0.29, 0.717) is 12.1 Å². The number of carbonyl (C=O) groups is 1. The molecular weight excluding hydrogens is 247 g/mol. The molecule has 19 heavy (non-hydrogen) atoms. The van der Waals surface area contributed by atoms with Crippen LogP contribution in [0, 0.1) is 5.41 Å². The molecule has 5 heteroatoms. The Balaban J connectivity index is 1.98. The number of nitrogens with zero attached hydrogens (tertiary/aromatic N) is 2. The molecule has 1 saturated carbocycles. The van der Waals surface area contributed by atoms with Crippen molar-refractivity contribution in [3.05, 3.63) is 30.1 Å². The minimum Gasteiger partial charge on any atom is -0.465 e. The Kier molecular flexibility index (Phi) is 2.77. The number of carbonyl (C=O) groups excluding carboxylic acids is 1. The van der Waals surface area contributed by atoms with Gasteiger partial charge in [-0.05, 0) is 31.0 Å². The van der Waals surface area contributed by atoms with Crippen molar-refractivity contribution < 1.29 is 13.9 Å². The van der Waals surface area contributed by atoms with Crippen molar-refractivity contribution in [2.75, 3.05) is 13.8 Å². The fourth-order valence-corrected chi connectivity index (χ4v) is 2.30. The van der Waals surface area contributed by atoms with Gasteiger partial charge < -0.3 is 9.30 Å². The number of benzene rings is 1. The summed E-state index contributed by atoms with van der Waals surface area (Å²) in [5.74, 6) is -0.374. The fourth-order valence-electron chi connectivity index (χ4n) is 2.30. The lowest BCUT2D eigenvalue weighted by Gasteiger charge is -2.12. The van der Waals surface area contributed by atoms with Crippen molar-refractivity contribution in [2.24, 2.45) is 5.41 Å². The molecule has 1 heterocycles. The summed E-state index contributed by atoms with van der Waals surface area (Å²) in [6, 6.07) is 5.23. The average Bonchev–Trinajstić information content (AvgIpc) is 3.12. The highest BCUT2D eigenvalue weighted by Crippen LogP contribution is 2.47. The van der Waals surface area contributed by atoms with Crippen LogP contribution in [0.5, 0.6) is 0 Å². The van der Waals surface area contributed by atoms with Crippen molar-refractivity contribution in [1.82, 2.24) is 9.55 Å². The van der Waals surface area contributed by atoms with Crippen LogP contribution < -0.4 is 0 Å². The van der Waals surface area contributed by atoms with Gasteiger partial charge in [-0.3, -0.25) is 4.39 Å². The topological polar surface area (TPSA) is 44.1 Å². The summed E-state index contributed by atoms with van der Waals surface area (Å²) >= 11 is 0. The Hall–Kier alpha value is -1.91. The van der Waals surface area contributed by atoms with Gasteiger partial charge in [0.2, 0.25) is 0 Å². The molecule has 100 valence electrons. The molecule has 1 aromatic heterocycles. The summed E-state index contributed by atoms with van der Waals surface area (Å²) in [6.45, 7) is 0.313. The van der Waals surface area contributed by atoms with Crippen LogP contribution in [0.15, 0.2) is 24.5 Å². The lowest BCUT2D eigenvalue weighted by Crippen LogP contribution is -2.13. The zero-order valence-electron chi connectivity index (χ0n) is 10.7. The van der Waals surface area contributed by atoms with Gasteiger partial charge in [-0.2, -0.15) is 0 Å². The number of alkyl halides is 1. The Labute approximate surface area is 110 Å². The number of aromatic nitrogens is 2. The molecule has 0 bridgehead atoms. The number of imidazole rings is 1. The monoisotopic (exact) mass is 262 g/mol. The zero-order chi connectivity index (χ0) is 13.5. The van der Waals surface area contributed by atoms with E-state index in [0.717, 1.165) is 23.9 Å². The average molecular weight is 262 g/mol. The highest BCUT2D eigenvalue weighted by molar-refractivity contribution is 5.93. The number of hydrogen-bond acceptors (Lipinski definition) is 3. The largest absolute Gasteiger partial charge is 0.465 e. The van der Waals surface area contributed by atoms with Crippen molar-refractivity contribution in [3.8, 4) is 0 Å². The SMILES string of the molecule is COC(=O)c1ccc2ncn(CC3(CF)CC3)c2c1. The van der Waals surface area contributed by atoms with E-state index >= 15 is 0 Å². The second-order valence-electron chi connectivity index (χ2n) is 5.20. The smallest absolute Gasteiger partial charge is 0.337 e. The highest BCUT2D eigenvalue weighted by Gasteiger charge is 2.43. The van der Waals surface area contributed by atoms with Gasteiger partial charge in [0.1, 0.15) is 0 Å². The molecule has 0 spiro atoms. The molecular formula is C14H15FN2O2. The molecule has 1 aliphatic rings. The minimum atomic E-state index is -0.374. The van der Waals surface area contributed by atoms with Crippen LogP contribution in [0.25, 0.3) is 11.0 Å². The number of hydrogen-bond donors (Lipinski definition) is 0. The van der Waals surface area contributed by atoms with Gasteiger partial charge in [-0.1, -0.05) is 0 Å². The van der Waals surface area contributed by atoms with E-state index in [1.54, 1.807) is 24.5 Å². The number of fused-ring (bicyclic) bond motifs is 1. The van der Waals surface area contributed by atoms with Crippen molar-refractivity contribution >= 4 is 17.0 Å². The van der Waals surface area contributed by atoms with Crippen molar-refractivity contribution in [1.29, 1.82) is 0 Å². The van der Waals surface area contributed by atoms with Crippen LogP contribution in [-0.4, -0.2) is 29.3 Å². The predicted octanol–water partition coefficient (Wildman–Crippen LogP) is 2.57. The van der Waals surface area contributed by atoms with Gasteiger partial charge in [-0.15, -0.1) is 0 Å². The molecule has 3 rings (SSSR count). The summed E-state index contributed by atoms with van der Waals surface area (Å²) in [7, 11) is 1.35. The van der Waals surface area contributed by atoms with E-state index < -0.39 is 0 Å². The quantitative estimate of drug-likeness (QED) is 0.795. The first-order valence-electron chi connectivity index (χ1n) is 6.27. The van der Waals surface area contributed by atoms with Crippen LogP contribution in [0.3, 0.4) is 0 Å². The molecule has 1 aromatic carbocycles. The van der Waals surface area contributed by atoms with Gasteiger partial charge >= 0.3 is 5.97 Å². The van der Waals surface area contributed by atoms with E-state index in [1.165, 1.54) is 7.11 Å². The molecule has 1 fully saturated rings. The van der Waals surface area contributed by atoms with E-state index in [2.05, 4.69) is 4.98 Å². The Morgan fingerprint density at radius 2 is 2.32 bits per heavy atom. The summed E-state index contributed by atoms with van der Waals surface area (Å²) in [5.41, 5.74) is 1.93. The van der Waals surface area contributed by atoms with E-state index in [4.69, 9.17) is 4.74 Å². The molecule has 0 N–H and O–H groups in total. The van der Waals surface area contributed by atoms with Gasteiger partial charge in [-0.25, -0.2) is 9.78 Å².